The van der Waals surface area contributed by atoms with Crippen LogP contribution in [0.3, 0.4) is 0 Å². The zero-order chi connectivity index (χ0) is 12.1. The molecule has 0 amide bonds. The van der Waals surface area contributed by atoms with Gasteiger partial charge in [0.15, 0.2) is 0 Å². The van der Waals surface area contributed by atoms with E-state index in [1.54, 1.807) is 0 Å². The lowest BCUT2D eigenvalue weighted by Crippen LogP contribution is -2.18. The average molecular weight is 214 g/mol. The van der Waals surface area contributed by atoms with Crippen molar-refractivity contribution < 1.29 is 9.90 Å². The van der Waals surface area contributed by atoms with Crippen LogP contribution < -0.4 is 0 Å². The van der Waals surface area contributed by atoms with E-state index in [2.05, 4.69) is 34.6 Å². The number of carboxylic acids is 1. The van der Waals surface area contributed by atoms with Gasteiger partial charge in [-0.2, -0.15) is 0 Å². The second-order valence-electron chi connectivity index (χ2n) is 5.88. The summed E-state index contributed by atoms with van der Waals surface area (Å²) in [6.45, 7) is 11.2. The predicted molar refractivity (Wildman–Crippen MR) is 63.9 cm³/mol. The van der Waals surface area contributed by atoms with Crippen LogP contribution in [0.2, 0.25) is 0 Å². The molecule has 0 fully saturated rings. The van der Waals surface area contributed by atoms with E-state index >= 15 is 0 Å². The van der Waals surface area contributed by atoms with Crippen LogP contribution in [0.5, 0.6) is 0 Å². The largest absolute Gasteiger partial charge is 0.481 e. The number of carbonyl (C=O) groups is 1. The van der Waals surface area contributed by atoms with Gasteiger partial charge < -0.3 is 5.11 Å². The van der Waals surface area contributed by atoms with Crippen LogP contribution in [-0.2, 0) is 4.79 Å². The molecule has 2 atom stereocenters. The standard InChI is InChI=1S/C13H26O2/c1-10(7-9-12(14)15)6-8-11(2)13(3,4)5/h10-11H,6-9H2,1-5H3,(H,14,15). The van der Waals surface area contributed by atoms with Gasteiger partial charge >= 0.3 is 5.97 Å². The number of aliphatic carboxylic acids is 1. The average Bonchev–Trinajstić information content (AvgIpc) is 2.09. The zero-order valence-electron chi connectivity index (χ0n) is 10.8. The summed E-state index contributed by atoms with van der Waals surface area (Å²) < 4.78 is 0. The van der Waals surface area contributed by atoms with E-state index in [1.807, 2.05) is 0 Å². The Kier molecular flexibility index (Phi) is 5.92. The summed E-state index contributed by atoms with van der Waals surface area (Å²) in [7, 11) is 0. The fourth-order valence-electron chi connectivity index (χ4n) is 1.48. The van der Waals surface area contributed by atoms with Gasteiger partial charge in [0.25, 0.3) is 0 Å². The summed E-state index contributed by atoms with van der Waals surface area (Å²) in [5, 5.41) is 8.57. The molecule has 0 bridgehead atoms. The van der Waals surface area contributed by atoms with Gasteiger partial charge in [-0.15, -0.1) is 0 Å². The molecule has 0 saturated heterocycles. The molecule has 0 aromatic carbocycles. The molecular weight excluding hydrogens is 188 g/mol. The molecular formula is C13H26O2. The molecule has 0 rings (SSSR count). The molecule has 0 aromatic heterocycles. The van der Waals surface area contributed by atoms with Crippen molar-refractivity contribution in [2.24, 2.45) is 17.3 Å². The van der Waals surface area contributed by atoms with Crippen molar-refractivity contribution in [3.63, 3.8) is 0 Å². The second-order valence-corrected chi connectivity index (χ2v) is 5.88. The topological polar surface area (TPSA) is 37.3 Å². The van der Waals surface area contributed by atoms with Crippen LogP contribution in [0.1, 0.15) is 60.3 Å². The van der Waals surface area contributed by atoms with E-state index in [0.717, 1.165) is 12.8 Å². The minimum absolute atomic E-state index is 0.311. The third kappa shape index (κ3) is 7.40. The molecule has 15 heavy (non-hydrogen) atoms. The maximum absolute atomic E-state index is 10.4. The van der Waals surface area contributed by atoms with Gasteiger partial charge in [-0.3, -0.25) is 4.79 Å². The normalized spacial score (nSPS) is 16.1. The monoisotopic (exact) mass is 214 g/mol. The van der Waals surface area contributed by atoms with Crippen LogP contribution in [0.15, 0.2) is 0 Å². The van der Waals surface area contributed by atoms with Crippen molar-refractivity contribution in [1.82, 2.24) is 0 Å². The summed E-state index contributed by atoms with van der Waals surface area (Å²) >= 11 is 0. The lowest BCUT2D eigenvalue weighted by atomic mass is 9.78. The summed E-state index contributed by atoms with van der Waals surface area (Å²) in [5.74, 6) is 0.557. The van der Waals surface area contributed by atoms with E-state index < -0.39 is 5.97 Å². The van der Waals surface area contributed by atoms with Crippen molar-refractivity contribution in [3.8, 4) is 0 Å². The van der Waals surface area contributed by atoms with Gasteiger partial charge in [-0.25, -0.2) is 0 Å². The summed E-state index contributed by atoms with van der Waals surface area (Å²) in [4.78, 5) is 10.4. The van der Waals surface area contributed by atoms with Crippen LogP contribution in [0.4, 0.5) is 0 Å². The Balaban J connectivity index is 3.71. The highest BCUT2D eigenvalue weighted by Crippen LogP contribution is 2.30. The molecule has 0 radical (unpaired) electrons. The van der Waals surface area contributed by atoms with Gasteiger partial charge in [0.2, 0.25) is 0 Å². The Morgan fingerprint density at radius 1 is 1.13 bits per heavy atom. The maximum atomic E-state index is 10.4. The van der Waals surface area contributed by atoms with E-state index in [9.17, 15) is 4.79 Å². The highest BCUT2D eigenvalue weighted by molar-refractivity contribution is 5.66. The van der Waals surface area contributed by atoms with Crippen LogP contribution in [-0.4, -0.2) is 11.1 Å². The highest BCUT2D eigenvalue weighted by Gasteiger charge is 2.20. The molecule has 0 saturated carbocycles. The summed E-state index contributed by atoms with van der Waals surface area (Å²) in [6.07, 6.45) is 3.47. The zero-order valence-corrected chi connectivity index (χ0v) is 10.8. The van der Waals surface area contributed by atoms with Gasteiger partial charge in [0, 0.05) is 6.42 Å². The van der Waals surface area contributed by atoms with Crippen molar-refractivity contribution in [2.75, 3.05) is 0 Å². The molecule has 0 aliphatic carbocycles. The molecule has 0 aliphatic heterocycles. The molecule has 0 spiro atoms. The first-order valence-corrected chi connectivity index (χ1v) is 5.95. The van der Waals surface area contributed by atoms with Crippen molar-refractivity contribution in [3.05, 3.63) is 0 Å². The molecule has 2 heteroatoms. The first kappa shape index (κ1) is 14.5. The Morgan fingerprint density at radius 2 is 1.67 bits per heavy atom. The van der Waals surface area contributed by atoms with Gasteiger partial charge in [0.05, 0.1) is 0 Å². The number of rotatable bonds is 6. The third-order valence-corrected chi connectivity index (χ3v) is 3.42. The van der Waals surface area contributed by atoms with Gasteiger partial charge in [0.1, 0.15) is 0 Å². The number of hydrogen-bond donors (Lipinski definition) is 1. The Labute approximate surface area is 94.1 Å². The minimum atomic E-state index is -0.675. The van der Waals surface area contributed by atoms with E-state index in [0.29, 0.717) is 23.7 Å². The second kappa shape index (κ2) is 6.14. The first-order chi connectivity index (χ1) is 6.73. The fourth-order valence-corrected chi connectivity index (χ4v) is 1.48. The SMILES string of the molecule is CC(CCC(=O)O)CCC(C)C(C)(C)C. The highest BCUT2D eigenvalue weighted by atomic mass is 16.4. The van der Waals surface area contributed by atoms with Crippen LogP contribution in [0, 0.1) is 17.3 Å². The molecule has 2 nitrogen and oxygen atoms in total. The number of carboxylic acid groups (broad SMARTS) is 1. The molecule has 90 valence electrons. The van der Waals surface area contributed by atoms with Crippen molar-refractivity contribution >= 4 is 5.97 Å². The van der Waals surface area contributed by atoms with Gasteiger partial charge in [-0.1, -0.05) is 41.0 Å². The first-order valence-electron chi connectivity index (χ1n) is 5.95. The van der Waals surface area contributed by atoms with Crippen molar-refractivity contribution in [2.45, 2.75) is 60.3 Å². The molecule has 0 aliphatic rings. The third-order valence-electron chi connectivity index (χ3n) is 3.42. The smallest absolute Gasteiger partial charge is 0.303 e. The van der Waals surface area contributed by atoms with Crippen LogP contribution >= 0.6 is 0 Å². The quantitative estimate of drug-likeness (QED) is 0.727. The lowest BCUT2D eigenvalue weighted by Gasteiger charge is -2.28. The van der Waals surface area contributed by atoms with E-state index in [1.165, 1.54) is 6.42 Å². The van der Waals surface area contributed by atoms with Crippen LogP contribution in [0.25, 0.3) is 0 Å². The van der Waals surface area contributed by atoms with E-state index in [-0.39, 0.29) is 0 Å². The summed E-state index contributed by atoms with van der Waals surface area (Å²) in [5.41, 5.74) is 0.368. The Bertz CT molecular complexity index is 191. The van der Waals surface area contributed by atoms with Crippen molar-refractivity contribution in [1.29, 1.82) is 0 Å². The maximum Gasteiger partial charge on any atom is 0.303 e. The van der Waals surface area contributed by atoms with Gasteiger partial charge in [-0.05, 0) is 30.1 Å². The molecule has 0 aromatic rings. The summed E-state index contributed by atoms with van der Waals surface area (Å²) in [6, 6.07) is 0. The van der Waals surface area contributed by atoms with E-state index in [4.69, 9.17) is 5.11 Å². The lowest BCUT2D eigenvalue weighted by molar-refractivity contribution is -0.137. The number of hydrogen-bond acceptors (Lipinski definition) is 1. The molecule has 2 unspecified atom stereocenters. The molecule has 0 heterocycles. The minimum Gasteiger partial charge on any atom is -0.481 e. The predicted octanol–water partition coefficient (Wildman–Crippen LogP) is 3.95. The fraction of sp³-hybridized carbons (Fsp3) is 0.923. The Hall–Kier alpha value is -0.530. The Morgan fingerprint density at radius 3 is 2.07 bits per heavy atom. The molecule has 1 N–H and O–H groups in total.